The highest BCUT2D eigenvalue weighted by molar-refractivity contribution is 5.91. The van der Waals surface area contributed by atoms with E-state index in [2.05, 4.69) is 10.6 Å². The molecule has 1 aromatic carbocycles. The van der Waals surface area contributed by atoms with E-state index in [0.717, 1.165) is 5.56 Å². The molecule has 0 saturated carbocycles. The maximum atomic E-state index is 11.8. The molecular formula is C15H22N2O5. The van der Waals surface area contributed by atoms with Crippen molar-refractivity contribution in [2.45, 2.75) is 19.8 Å². The van der Waals surface area contributed by atoms with Gasteiger partial charge in [-0.15, -0.1) is 0 Å². The number of hydrogen-bond acceptors (Lipinski definition) is 4. The van der Waals surface area contributed by atoms with Crippen LogP contribution in [-0.4, -0.2) is 44.0 Å². The summed E-state index contributed by atoms with van der Waals surface area (Å²) in [7, 11) is 1.59. The second-order valence-corrected chi connectivity index (χ2v) is 4.72. The highest BCUT2D eigenvalue weighted by Gasteiger charge is 2.08. The summed E-state index contributed by atoms with van der Waals surface area (Å²) < 4.78 is 10.5. The van der Waals surface area contributed by atoms with Crippen molar-refractivity contribution in [2.75, 3.05) is 32.2 Å². The summed E-state index contributed by atoms with van der Waals surface area (Å²) in [6, 6.07) is 5.05. The summed E-state index contributed by atoms with van der Waals surface area (Å²) in [5, 5.41) is 13.8. The molecule has 1 aromatic rings. The Hall–Kier alpha value is -2.28. The van der Waals surface area contributed by atoms with Crippen LogP contribution in [0.2, 0.25) is 0 Å². The topological polar surface area (TPSA) is 96.9 Å². The van der Waals surface area contributed by atoms with E-state index in [1.54, 1.807) is 13.2 Å². The number of hydrogen-bond donors (Lipinski definition) is 3. The number of carbonyl (C=O) groups excluding carboxylic acids is 1. The van der Waals surface area contributed by atoms with Crippen LogP contribution < -0.4 is 15.4 Å². The van der Waals surface area contributed by atoms with E-state index in [1.807, 2.05) is 19.1 Å². The van der Waals surface area contributed by atoms with Crippen molar-refractivity contribution in [3.63, 3.8) is 0 Å². The second kappa shape index (κ2) is 9.62. The number of nitrogens with one attached hydrogen (secondary N) is 2. The molecule has 7 heteroatoms. The maximum absolute atomic E-state index is 11.8. The van der Waals surface area contributed by atoms with Crippen LogP contribution >= 0.6 is 0 Å². The predicted octanol–water partition coefficient (Wildman–Crippen LogP) is 2.01. The number of benzene rings is 1. The fraction of sp³-hybridized carbons (Fsp3) is 0.467. The van der Waals surface area contributed by atoms with E-state index in [0.29, 0.717) is 37.6 Å². The van der Waals surface area contributed by atoms with Gasteiger partial charge in [0.15, 0.2) is 0 Å². The lowest BCUT2D eigenvalue weighted by atomic mass is 10.2. The van der Waals surface area contributed by atoms with E-state index in [-0.39, 0.29) is 6.42 Å². The van der Waals surface area contributed by atoms with Crippen LogP contribution in [0.15, 0.2) is 18.2 Å². The second-order valence-electron chi connectivity index (χ2n) is 4.72. The van der Waals surface area contributed by atoms with Crippen molar-refractivity contribution in [1.29, 1.82) is 0 Å². The predicted molar refractivity (Wildman–Crippen MR) is 82.4 cm³/mol. The highest BCUT2D eigenvalue weighted by atomic mass is 16.5. The average Bonchev–Trinajstić information content (AvgIpc) is 2.46. The van der Waals surface area contributed by atoms with Gasteiger partial charge >= 0.3 is 12.0 Å². The highest BCUT2D eigenvalue weighted by Crippen LogP contribution is 2.25. The molecule has 0 saturated heterocycles. The molecule has 0 spiro atoms. The van der Waals surface area contributed by atoms with Gasteiger partial charge in [0, 0.05) is 20.1 Å². The van der Waals surface area contributed by atoms with Gasteiger partial charge in [0.25, 0.3) is 0 Å². The first kappa shape index (κ1) is 17.8. The summed E-state index contributed by atoms with van der Waals surface area (Å²) in [6.45, 7) is 3.06. The van der Waals surface area contributed by atoms with Crippen LogP contribution in [0.3, 0.4) is 0 Å². The molecule has 1 rings (SSSR count). The summed E-state index contributed by atoms with van der Waals surface area (Å²) in [6.07, 6.45) is 0.407. The summed E-state index contributed by atoms with van der Waals surface area (Å²) in [5.74, 6) is -0.313. The Bertz CT molecular complexity index is 505. The summed E-state index contributed by atoms with van der Waals surface area (Å²) in [5.41, 5.74) is 1.57. The lowest BCUT2D eigenvalue weighted by molar-refractivity contribution is -0.137. The lowest BCUT2D eigenvalue weighted by Gasteiger charge is -2.13. The van der Waals surface area contributed by atoms with Gasteiger partial charge in [-0.3, -0.25) is 4.79 Å². The Morgan fingerprint density at radius 1 is 1.27 bits per heavy atom. The zero-order valence-corrected chi connectivity index (χ0v) is 12.8. The lowest BCUT2D eigenvalue weighted by Crippen LogP contribution is -2.30. The third-order valence-electron chi connectivity index (χ3n) is 2.78. The Morgan fingerprint density at radius 2 is 2.05 bits per heavy atom. The van der Waals surface area contributed by atoms with E-state index < -0.39 is 12.0 Å². The minimum absolute atomic E-state index is 0.0240. The standard InChI is InChI=1S/C15H22N2O5/c1-11-5-6-12(13(10-11)22-9-8-21-2)17-15(20)16-7-3-4-14(18)19/h5-6,10H,3-4,7-9H2,1-2H3,(H,18,19)(H2,16,17,20). The van der Waals surface area contributed by atoms with Crippen LogP contribution in [-0.2, 0) is 9.53 Å². The summed E-state index contributed by atoms with van der Waals surface area (Å²) >= 11 is 0. The van der Waals surface area contributed by atoms with Gasteiger partial charge in [0.05, 0.1) is 12.3 Å². The number of carboxylic acids is 1. The normalized spacial score (nSPS) is 10.1. The Balaban J connectivity index is 2.52. The monoisotopic (exact) mass is 310 g/mol. The quantitative estimate of drug-likeness (QED) is 0.606. The number of carboxylic acid groups (broad SMARTS) is 1. The van der Waals surface area contributed by atoms with Gasteiger partial charge < -0.3 is 25.2 Å². The van der Waals surface area contributed by atoms with Crippen molar-refractivity contribution in [3.8, 4) is 5.75 Å². The molecule has 0 atom stereocenters. The van der Waals surface area contributed by atoms with E-state index in [9.17, 15) is 9.59 Å². The molecule has 3 N–H and O–H groups in total. The molecule has 0 aliphatic heterocycles. The zero-order valence-electron chi connectivity index (χ0n) is 12.8. The first-order valence-corrected chi connectivity index (χ1v) is 7.02. The van der Waals surface area contributed by atoms with Crippen LogP contribution in [0.5, 0.6) is 5.75 Å². The first-order chi connectivity index (χ1) is 10.5. The Labute approximate surface area is 129 Å². The van der Waals surface area contributed by atoms with Gasteiger partial charge in [0.2, 0.25) is 0 Å². The molecular weight excluding hydrogens is 288 g/mol. The number of aryl methyl sites for hydroxylation is 1. The Kier molecular flexibility index (Phi) is 7.77. The molecule has 7 nitrogen and oxygen atoms in total. The number of anilines is 1. The largest absolute Gasteiger partial charge is 0.489 e. The van der Waals surface area contributed by atoms with Gasteiger partial charge in [-0.1, -0.05) is 6.07 Å². The number of ether oxygens (including phenoxy) is 2. The molecule has 0 fully saturated rings. The first-order valence-electron chi connectivity index (χ1n) is 7.02. The Morgan fingerprint density at radius 3 is 2.73 bits per heavy atom. The molecule has 0 aliphatic rings. The minimum Gasteiger partial charge on any atom is -0.489 e. The number of aliphatic carboxylic acids is 1. The van der Waals surface area contributed by atoms with Crippen LogP contribution in [0.1, 0.15) is 18.4 Å². The minimum atomic E-state index is -0.880. The van der Waals surface area contributed by atoms with Crippen LogP contribution in [0.25, 0.3) is 0 Å². The SMILES string of the molecule is COCCOc1cc(C)ccc1NC(=O)NCCCC(=O)O. The average molecular weight is 310 g/mol. The smallest absolute Gasteiger partial charge is 0.319 e. The van der Waals surface area contributed by atoms with Crippen molar-refractivity contribution in [2.24, 2.45) is 0 Å². The fourth-order valence-corrected chi connectivity index (χ4v) is 1.70. The van der Waals surface area contributed by atoms with E-state index in [4.69, 9.17) is 14.6 Å². The number of urea groups is 1. The molecule has 0 aromatic heterocycles. The number of amides is 2. The van der Waals surface area contributed by atoms with Gasteiger partial charge in [-0.25, -0.2) is 4.79 Å². The molecule has 2 amide bonds. The molecule has 22 heavy (non-hydrogen) atoms. The van der Waals surface area contributed by atoms with Crippen molar-refractivity contribution in [3.05, 3.63) is 23.8 Å². The molecule has 0 aliphatic carbocycles. The maximum Gasteiger partial charge on any atom is 0.319 e. The van der Waals surface area contributed by atoms with Gasteiger partial charge in [-0.05, 0) is 31.0 Å². The van der Waals surface area contributed by atoms with Gasteiger partial charge in [-0.2, -0.15) is 0 Å². The number of methoxy groups -OCH3 is 1. The van der Waals surface area contributed by atoms with Crippen LogP contribution in [0.4, 0.5) is 10.5 Å². The number of rotatable bonds is 9. The third kappa shape index (κ3) is 6.94. The molecule has 122 valence electrons. The molecule has 0 bridgehead atoms. The third-order valence-corrected chi connectivity index (χ3v) is 2.78. The number of carbonyl (C=O) groups is 2. The van der Waals surface area contributed by atoms with Crippen molar-refractivity contribution >= 4 is 17.7 Å². The van der Waals surface area contributed by atoms with Gasteiger partial charge in [0.1, 0.15) is 12.4 Å². The van der Waals surface area contributed by atoms with Crippen molar-refractivity contribution < 1.29 is 24.2 Å². The summed E-state index contributed by atoms with van der Waals surface area (Å²) in [4.78, 5) is 22.2. The molecule has 0 radical (unpaired) electrons. The molecule has 0 unspecified atom stereocenters. The van der Waals surface area contributed by atoms with Crippen LogP contribution in [0, 0.1) is 6.92 Å². The molecule has 0 heterocycles. The zero-order chi connectivity index (χ0) is 16.4. The van der Waals surface area contributed by atoms with E-state index >= 15 is 0 Å². The van der Waals surface area contributed by atoms with E-state index in [1.165, 1.54) is 0 Å². The van der Waals surface area contributed by atoms with Crippen molar-refractivity contribution in [1.82, 2.24) is 5.32 Å². The fourth-order valence-electron chi connectivity index (χ4n) is 1.70.